The van der Waals surface area contributed by atoms with Crippen molar-refractivity contribution in [3.05, 3.63) is 35.4 Å². The normalized spacial score (nSPS) is 12.9. The summed E-state index contributed by atoms with van der Waals surface area (Å²) in [6.45, 7) is 5.48. The van der Waals surface area contributed by atoms with E-state index in [9.17, 15) is 0 Å². The third-order valence-corrected chi connectivity index (χ3v) is 3.21. The first-order chi connectivity index (χ1) is 9.15. The van der Waals surface area contributed by atoms with Gasteiger partial charge in [-0.1, -0.05) is 38.1 Å². The molecule has 3 N–H and O–H groups in total. The minimum atomic E-state index is 0.00483. The molecule has 1 aromatic rings. The van der Waals surface area contributed by atoms with Crippen molar-refractivity contribution < 1.29 is 10.2 Å². The van der Waals surface area contributed by atoms with E-state index >= 15 is 0 Å². The molecule has 3 heteroatoms. The van der Waals surface area contributed by atoms with Gasteiger partial charge in [-0.3, -0.25) is 0 Å². The first-order valence-electron chi connectivity index (χ1n) is 7.18. The van der Waals surface area contributed by atoms with Gasteiger partial charge in [0.15, 0.2) is 0 Å². The third-order valence-electron chi connectivity index (χ3n) is 3.21. The molecular formula is C16H27NO2. The van der Waals surface area contributed by atoms with Gasteiger partial charge in [0.2, 0.25) is 0 Å². The van der Waals surface area contributed by atoms with Crippen LogP contribution in [0.25, 0.3) is 0 Å². The van der Waals surface area contributed by atoms with Crippen molar-refractivity contribution in [1.82, 2.24) is 5.32 Å². The molecular weight excluding hydrogens is 238 g/mol. The highest BCUT2D eigenvalue weighted by Gasteiger charge is 2.05. The molecule has 0 aliphatic rings. The van der Waals surface area contributed by atoms with Crippen LogP contribution in [0.3, 0.4) is 0 Å². The highest BCUT2D eigenvalue weighted by Crippen LogP contribution is 2.10. The Balaban J connectivity index is 2.33. The number of aliphatic hydroxyl groups is 2. The van der Waals surface area contributed by atoms with Crippen LogP contribution in [0.2, 0.25) is 0 Å². The number of aliphatic hydroxyl groups excluding tert-OH is 2. The minimum absolute atomic E-state index is 0.00483. The van der Waals surface area contributed by atoms with Gasteiger partial charge in [-0.05, 0) is 42.9 Å². The molecule has 0 spiro atoms. The molecule has 19 heavy (non-hydrogen) atoms. The summed E-state index contributed by atoms with van der Waals surface area (Å²) in [5.74, 6) is 0.691. The molecule has 0 aromatic heterocycles. The fourth-order valence-electron chi connectivity index (χ4n) is 2.15. The Morgan fingerprint density at radius 1 is 1.05 bits per heavy atom. The van der Waals surface area contributed by atoms with Gasteiger partial charge in [-0.2, -0.15) is 0 Å². The maximum atomic E-state index is 9.10. The predicted molar refractivity (Wildman–Crippen MR) is 79.3 cm³/mol. The van der Waals surface area contributed by atoms with Gasteiger partial charge in [0.05, 0.1) is 6.61 Å². The van der Waals surface area contributed by atoms with Crippen LogP contribution in [0, 0.1) is 5.92 Å². The lowest BCUT2D eigenvalue weighted by atomic mass is 10.0. The third kappa shape index (κ3) is 6.71. The molecule has 1 rings (SSSR count). The van der Waals surface area contributed by atoms with Crippen molar-refractivity contribution in [2.24, 2.45) is 5.92 Å². The Morgan fingerprint density at radius 2 is 1.68 bits per heavy atom. The number of rotatable bonds is 9. The summed E-state index contributed by atoms with van der Waals surface area (Å²) in [4.78, 5) is 0. The monoisotopic (exact) mass is 265 g/mol. The summed E-state index contributed by atoms with van der Waals surface area (Å²) < 4.78 is 0. The van der Waals surface area contributed by atoms with Crippen LogP contribution in [0.15, 0.2) is 24.3 Å². The van der Waals surface area contributed by atoms with Gasteiger partial charge in [0, 0.05) is 12.6 Å². The summed E-state index contributed by atoms with van der Waals surface area (Å²) in [5.41, 5.74) is 2.70. The molecule has 3 nitrogen and oxygen atoms in total. The second-order valence-electron chi connectivity index (χ2n) is 5.51. The van der Waals surface area contributed by atoms with E-state index in [1.54, 1.807) is 0 Å². The predicted octanol–water partition coefficient (Wildman–Crippen LogP) is 1.76. The average molecular weight is 265 g/mol. The summed E-state index contributed by atoms with van der Waals surface area (Å²) in [6, 6.07) is 8.77. The van der Waals surface area contributed by atoms with Gasteiger partial charge < -0.3 is 15.5 Å². The van der Waals surface area contributed by atoms with Gasteiger partial charge in [-0.25, -0.2) is 0 Å². The maximum Gasteiger partial charge on any atom is 0.0585 e. The lowest BCUT2D eigenvalue weighted by Crippen LogP contribution is -2.34. The smallest absolute Gasteiger partial charge is 0.0585 e. The molecule has 1 aromatic carbocycles. The minimum Gasteiger partial charge on any atom is -0.396 e. The van der Waals surface area contributed by atoms with Crippen molar-refractivity contribution in [1.29, 1.82) is 0 Å². The number of hydrogen-bond acceptors (Lipinski definition) is 3. The van der Waals surface area contributed by atoms with Crippen molar-refractivity contribution >= 4 is 0 Å². The zero-order chi connectivity index (χ0) is 14.1. The average Bonchev–Trinajstić information content (AvgIpc) is 2.39. The van der Waals surface area contributed by atoms with E-state index in [2.05, 4.69) is 43.4 Å². The lowest BCUT2D eigenvalue weighted by Gasteiger charge is -2.14. The molecule has 0 bridgehead atoms. The molecule has 0 heterocycles. The quantitative estimate of drug-likeness (QED) is 0.638. The van der Waals surface area contributed by atoms with E-state index in [0.29, 0.717) is 12.3 Å². The van der Waals surface area contributed by atoms with Crippen molar-refractivity contribution in [2.45, 2.75) is 39.2 Å². The molecule has 0 aliphatic carbocycles. The summed E-state index contributed by atoms with van der Waals surface area (Å²) >= 11 is 0. The van der Waals surface area contributed by atoms with Crippen LogP contribution in [-0.2, 0) is 12.8 Å². The molecule has 1 atom stereocenters. The molecule has 108 valence electrons. The highest BCUT2D eigenvalue weighted by molar-refractivity contribution is 5.23. The Kier molecular flexibility index (Phi) is 7.72. The van der Waals surface area contributed by atoms with Gasteiger partial charge >= 0.3 is 0 Å². The zero-order valence-corrected chi connectivity index (χ0v) is 12.1. The fraction of sp³-hybridized carbons (Fsp3) is 0.625. The van der Waals surface area contributed by atoms with Crippen LogP contribution in [0.1, 0.15) is 31.4 Å². The Bertz CT molecular complexity index is 335. The lowest BCUT2D eigenvalue weighted by molar-refractivity contribution is 0.201. The Morgan fingerprint density at radius 3 is 2.21 bits per heavy atom. The molecule has 0 radical (unpaired) electrons. The molecule has 0 fully saturated rings. The molecule has 0 saturated carbocycles. The first-order valence-corrected chi connectivity index (χ1v) is 7.18. The van der Waals surface area contributed by atoms with Crippen LogP contribution in [0.4, 0.5) is 0 Å². The van der Waals surface area contributed by atoms with Crippen LogP contribution in [0.5, 0.6) is 0 Å². The molecule has 1 unspecified atom stereocenters. The molecule has 0 saturated heterocycles. The Labute approximate surface area is 116 Å². The molecule has 0 aliphatic heterocycles. The van der Waals surface area contributed by atoms with Crippen LogP contribution < -0.4 is 5.32 Å². The van der Waals surface area contributed by atoms with Gasteiger partial charge in [0.25, 0.3) is 0 Å². The SMILES string of the molecule is CC(C)Cc1ccc(CCNC(CO)CCO)cc1. The van der Waals surface area contributed by atoms with E-state index in [-0.39, 0.29) is 19.3 Å². The summed E-state index contributed by atoms with van der Waals surface area (Å²) in [7, 11) is 0. The van der Waals surface area contributed by atoms with Crippen molar-refractivity contribution in [2.75, 3.05) is 19.8 Å². The zero-order valence-electron chi connectivity index (χ0n) is 12.1. The summed E-state index contributed by atoms with van der Waals surface area (Å²) in [5, 5.41) is 21.2. The van der Waals surface area contributed by atoms with E-state index < -0.39 is 0 Å². The van der Waals surface area contributed by atoms with Crippen LogP contribution in [-0.4, -0.2) is 36.0 Å². The standard InChI is InChI=1S/C16H27NO2/c1-13(2)11-15-5-3-14(4-6-15)7-9-17-16(12-19)8-10-18/h3-6,13,16-19H,7-12H2,1-2H3. The fourth-order valence-corrected chi connectivity index (χ4v) is 2.15. The summed E-state index contributed by atoms with van der Waals surface area (Å²) in [6.07, 6.45) is 2.68. The molecule has 0 amide bonds. The van der Waals surface area contributed by atoms with Gasteiger partial charge in [-0.15, -0.1) is 0 Å². The van der Waals surface area contributed by atoms with E-state index in [0.717, 1.165) is 19.4 Å². The second kappa shape index (κ2) is 9.08. The second-order valence-corrected chi connectivity index (χ2v) is 5.51. The maximum absolute atomic E-state index is 9.10. The number of benzene rings is 1. The first kappa shape index (κ1) is 16.2. The largest absolute Gasteiger partial charge is 0.396 e. The topological polar surface area (TPSA) is 52.5 Å². The van der Waals surface area contributed by atoms with Gasteiger partial charge in [0.1, 0.15) is 0 Å². The van der Waals surface area contributed by atoms with Crippen molar-refractivity contribution in [3.8, 4) is 0 Å². The number of nitrogens with one attached hydrogen (secondary N) is 1. The highest BCUT2D eigenvalue weighted by atomic mass is 16.3. The van der Waals surface area contributed by atoms with Crippen molar-refractivity contribution in [3.63, 3.8) is 0 Å². The van der Waals surface area contributed by atoms with E-state index in [4.69, 9.17) is 10.2 Å². The van der Waals surface area contributed by atoms with Crippen LogP contribution >= 0.6 is 0 Å². The Hall–Kier alpha value is -0.900. The van der Waals surface area contributed by atoms with E-state index in [1.807, 2.05) is 0 Å². The van der Waals surface area contributed by atoms with E-state index in [1.165, 1.54) is 11.1 Å². The number of hydrogen-bond donors (Lipinski definition) is 3.